The molecular formula is C12H10BrF6NO. The van der Waals surface area contributed by atoms with Crippen LogP contribution >= 0.6 is 15.9 Å². The second kappa shape index (κ2) is 6.25. The minimum Gasteiger partial charge on any atom is -0.325 e. The molecule has 1 N–H and O–H groups in total. The second-order valence-corrected chi connectivity index (χ2v) is 5.58. The molecule has 1 aromatic carbocycles. The molecule has 0 heterocycles. The summed E-state index contributed by atoms with van der Waals surface area (Å²) in [5, 5.41) is 1.70. The predicted octanol–water partition coefficient (Wildman–Crippen LogP) is 4.82. The normalized spacial score (nSPS) is 14.1. The Labute approximate surface area is 124 Å². The Bertz CT molecular complexity index is 497. The van der Waals surface area contributed by atoms with Crippen molar-refractivity contribution >= 4 is 27.5 Å². The Kier molecular flexibility index (Phi) is 5.30. The number of halogens is 7. The van der Waals surface area contributed by atoms with Gasteiger partial charge >= 0.3 is 12.4 Å². The number of rotatable bonds is 3. The molecule has 1 rings (SSSR count). The summed E-state index contributed by atoms with van der Waals surface area (Å²) in [6, 6.07) is 5.65. The van der Waals surface area contributed by atoms with Gasteiger partial charge in [-0.25, -0.2) is 0 Å². The van der Waals surface area contributed by atoms with Crippen LogP contribution in [-0.2, 0) is 4.79 Å². The van der Waals surface area contributed by atoms with E-state index in [1.807, 2.05) is 0 Å². The van der Waals surface area contributed by atoms with Crippen molar-refractivity contribution in [3.05, 3.63) is 29.8 Å². The summed E-state index contributed by atoms with van der Waals surface area (Å²) in [4.78, 5) is 11.1. The van der Waals surface area contributed by atoms with E-state index in [0.717, 1.165) is 0 Å². The van der Waals surface area contributed by atoms with Crippen LogP contribution in [0, 0.1) is 5.92 Å². The van der Waals surface area contributed by atoms with Gasteiger partial charge in [0.1, 0.15) is 0 Å². The number of benzene rings is 1. The molecule has 1 unspecified atom stereocenters. The van der Waals surface area contributed by atoms with Crippen molar-refractivity contribution in [2.45, 2.75) is 24.1 Å². The smallest absolute Gasteiger partial charge is 0.325 e. The highest BCUT2D eigenvalue weighted by molar-refractivity contribution is 9.09. The highest BCUT2D eigenvalue weighted by Crippen LogP contribution is 2.40. The van der Waals surface area contributed by atoms with Crippen LogP contribution in [0.4, 0.5) is 32.0 Å². The Morgan fingerprint density at radius 3 is 2.00 bits per heavy atom. The van der Waals surface area contributed by atoms with Crippen LogP contribution in [0.2, 0.25) is 0 Å². The summed E-state index contributed by atoms with van der Waals surface area (Å²) >= 11 is 3.14. The van der Waals surface area contributed by atoms with Gasteiger partial charge in [0.15, 0.2) is 0 Å². The van der Waals surface area contributed by atoms with E-state index in [4.69, 9.17) is 0 Å². The number of para-hydroxylation sites is 1. The maximum atomic E-state index is 12.4. The maximum absolute atomic E-state index is 12.4. The van der Waals surface area contributed by atoms with Gasteiger partial charge in [0.25, 0.3) is 0 Å². The monoisotopic (exact) mass is 377 g/mol. The summed E-state index contributed by atoms with van der Waals surface area (Å²) < 4.78 is 74.6. The summed E-state index contributed by atoms with van der Waals surface area (Å²) in [5.74, 6) is -6.22. The third-order valence-corrected chi connectivity index (χ3v) is 3.06. The van der Waals surface area contributed by atoms with Crippen LogP contribution in [-0.4, -0.2) is 18.3 Å². The molecule has 118 valence electrons. The average molecular weight is 378 g/mol. The van der Waals surface area contributed by atoms with Crippen LogP contribution in [0.5, 0.6) is 0 Å². The number of hydrogen-bond acceptors (Lipinski definition) is 1. The first kappa shape index (κ1) is 17.8. The molecule has 1 amide bonds. The van der Waals surface area contributed by atoms with E-state index in [9.17, 15) is 31.1 Å². The average Bonchev–Trinajstić information content (AvgIpc) is 2.24. The van der Waals surface area contributed by atoms with Crippen LogP contribution in [0.25, 0.3) is 0 Å². The fraction of sp³-hybridized carbons (Fsp3) is 0.417. The Morgan fingerprint density at radius 2 is 1.57 bits per heavy atom. The van der Waals surface area contributed by atoms with Gasteiger partial charge in [-0.1, -0.05) is 34.1 Å². The molecule has 2 nitrogen and oxygen atoms in total. The van der Waals surface area contributed by atoms with Crippen molar-refractivity contribution in [2.24, 2.45) is 5.92 Å². The Hall–Kier alpha value is -1.25. The van der Waals surface area contributed by atoms with Gasteiger partial charge in [-0.05, 0) is 18.6 Å². The van der Waals surface area contributed by atoms with Crippen molar-refractivity contribution in [3.8, 4) is 0 Å². The molecular weight excluding hydrogens is 368 g/mol. The molecule has 21 heavy (non-hydrogen) atoms. The SMILES string of the molecule is CC(Br)c1ccccc1NC(=O)C(C(F)(F)F)C(F)(F)F. The van der Waals surface area contributed by atoms with Gasteiger partial charge in [-0.2, -0.15) is 26.3 Å². The fourth-order valence-corrected chi connectivity index (χ4v) is 2.04. The van der Waals surface area contributed by atoms with Crippen molar-refractivity contribution in [3.63, 3.8) is 0 Å². The van der Waals surface area contributed by atoms with Crippen LogP contribution in [0.3, 0.4) is 0 Å². The molecule has 9 heteroatoms. The van der Waals surface area contributed by atoms with Crippen LogP contribution in [0.15, 0.2) is 24.3 Å². The lowest BCUT2D eigenvalue weighted by Gasteiger charge is -2.23. The van der Waals surface area contributed by atoms with E-state index in [1.165, 1.54) is 18.2 Å². The van der Waals surface area contributed by atoms with Crippen LogP contribution in [0.1, 0.15) is 17.3 Å². The molecule has 0 saturated heterocycles. The van der Waals surface area contributed by atoms with E-state index in [0.29, 0.717) is 5.56 Å². The highest BCUT2D eigenvalue weighted by atomic mass is 79.9. The molecule has 0 bridgehead atoms. The first-order valence-electron chi connectivity index (χ1n) is 5.62. The van der Waals surface area contributed by atoms with Gasteiger partial charge in [0.05, 0.1) is 0 Å². The van der Waals surface area contributed by atoms with E-state index >= 15 is 0 Å². The number of hydrogen-bond donors (Lipinski definition) is 1. The van der Waals surface area contributed by atoms with Crippen molar-refractivity contribution in [1.82, 2.24) is 0 Å². The molecule has 0 aliphatic rings. The Balaban J connectivity index is 3.09. The summed E-state index contributed by atoms with van der Waals surface area (Å²) in [7, 11) is 0. The predicted molar refractivity (Wildman–Crippen MR) is 68.0 cm³/mol. The highest BCUT2D eigenvalue weighted by Gasteiger charge is 2.61. The maximum Gasteiger partial charge on any atom is 0.409 e. The van der Waals surface area contributed by atoms with Crippen molar-refractivity contribution in [1.29, 1.82) is 0 Å². The van der Waals surface area contributed by atoms with Crippen molar-refractivity contribution < 1.29 is 31.1 Å². The second-order valence-electron chi connectivity index (χ2n) is 4.21. The third kappa shape index (κ3) is 4.62. The van der Waals surface area contributed by atoms with Gasteiger partial charge < -0.3 is 5.32 Å². The van der Waals surface area contributed by atoms with E-state index < -0.39 is 24.2 Å². The molecule has 1 aromatic rings. The molecule has 0 saturated carbocycles. The van der Waals surface area contributed by atoms with E-state index in [-0.39, 0.29) is 10.5 Å². The lowest BCUT2D eigenvalue weighted by atomic mass is 10.1. The largest absolute Gasteiger partial charge is 0.409 e. The number of alkyl halides is 7. The fourth-order valence-electron chi connectivity index (χ4n) is 1.65. The Morgan fingerprint density at radius 1 is 1.10 bits per heavy atom. The number of nitrogens with one attached hydrogen (secondary N) is 1. The van der Waals surface area contributed by atoms with Crippen molar-refractivity contribution in [2.75, 3.05) is 5.32 Å². The van der Waals surface area contributed by atoms with E-state index in [1.54, 1.807) is 18.3 Å². The lowest BCUT2D eigenvalue weighted by molar-refractivity contribution is -0.272. The van der Waals surface area contributed by atoms with Gasteiger partial charge in [0, 0.05) is 10.5 Å². The first-order chi connectivity index (χ1) is 9.44. The molecule has 0 aliphatic carbocycles. The summed E-state index contributed by atoms with van der Waals surface area (Å²) in [6.45, 7) is 1.62. The van der Waals surface area contributed by atoms with Crippen LogP contribution < -0.4 is 5.32 Å². The quantitative estimate of drug-likeness (QED) is 0.593. The third-order valence-electron chi connectivity index (χ3n) is 2.56. The summed E-state index contributed by atoms with van der Waals surface area (Å²) in [6.07, 6.45) is -11.4. The number of anilines is 1. The zero-order valence-electron chi connectivity index (χ0n) is 10.5. The molecule has 0 aliphatic heterocycles. The zero-order chi connectivity index (χ0) is 16.4. The summed E-state index contributed by atoms with van der Waals surface area (Å²) in [5.41, 5.74) is 0.263. The van der Waals surface area contributed by atoms with Gasteiger partial charge in [0.2, 0.25) is 11.8 Å². The lowest BCUT2D eigenvalue weighted by Crippen LogP contribution is -2.45. The minimum absolute atomic E-state index is 0.106. The van der Waals surface area contributed by atoms with E-state index in [2.05, 4.69) is 15.9 Å². The number of carbonyl (C=O) groups is 1. The minimum atomic E-state index is -5.71. The number of amides is 1. The zero-order valence-corrected chi connectivity index (χ0v) is 12.1. The number of carbonyl (C=O) groups excluding carboxylic acids is 1. The topological polar surface area (TPSA) is 29.1 Å². The molecule has 0 aromatic heterocycles. The molecule has 0 fully saturated rings. The first-order valence-corrected chi connectivity index (χ1v) is 6.53. The van der Waals surface area contributed by atoms with Gasteiger partial charge in [-0.15, -0.1) is 0 Å². The van der Waals surface area contributed by atoms with Gasteiger partial charge in [-0.3, -0.25) is 4.79 Å². The molecule has 0 spiro atoms. The molecule has 1 atom stereocenters. The molecule has 0 radical (unpaired) electrons. The standard InChI is InChI=1S/C12H10BrF6NO/c1-6(13)7-4-2-3-5-8(7)20-10(21)9(11(14,15)16)12(17,18)19/h2-6,9H,1H3,(H,20,21).